The highest BCUT2D eigenvalue weighted by molar-refractivity contribution is 6.01. The summed E-state index contributed by atoms with van der Waals surface area (Å²) in [6, 6.07) is 1.43. The van der Waals surface area contributed by atoms with Crippen molar-refractivity contribution in [2.75, 3.05) is 19.8 Å². The van der Waals surface area contributed by atoms with Crippen molar-refractivity contribution in [3.63, 3.8) is 0 Å². The molecule has 1 aliphatic heterocycles. The predicted octanol–water partition coefficient (Wildman–Crippen LogP) is 1.03. The van der Waals surface area contributed by atoms with Crippen LogP contribution in [-0.4, -0.2) is 36.6 Å². The lowest BCUT2D eigenvalue weighted by atomic mass is 9.79. The Kier molecular flexibility index (Phi) is 3.63. The Morgan fingerprint density at radius 1 is 1.67 bits per heavy atom. The summed E-state index contributed by atoms with van der Waals surface area (Å²) in [7, 11) is 0. The van der Waals surface area contributed by atoms with Crippen molar-refractivity contribution in [2.24, 2.45) is 11.1 Å². The maximum atomic E-state index is 12.5. The van der Waals surface area contributed by atoms with E-state index in [1.54, 1.807) is 18.5 Å². The van der Waals surface area contributed by atoms with E-state index < -0.39 is 5.41 Å². The minimum absolute atomic E-state index is 0.0402. The Morgan fingerprint density at radius 3 is 3.06 bits per heavy atom. The van der Waals surface area contributed by atoms with Gasteiger partial charge in [0.25, 0.3) is 0 Å². The van der Waals surface area contributed by atoms with Crippen LogP contribution in [-0.2, 0) is 4.74 Å². The number of hydrogen-bond donors (Lipinski definition) is 1. The number of rotatable bonds is 4. The van der Waals surface area contributed by atoms with Gasteiger partial charge >= 0.3 is 0 Å². The summed E-state index contributed by atoms with van der Waals surface area (Å²) in [5.41, 5.74) is 5.79. The summed E-state index contributed by atoms with van der Waals surface area (Å²) in [6.45, 7) is 5.03. The van der Waals surface area contributed by atoms with Crippen molar-refractivity contribution in [3.8, 4) is 5.75 Å². The molecule has 0 radical (unpaired) electrons. The minimum Gasteiger partial charge on any atom is -0.492 e. The van der Waals surface area contributed by atoms with Gasteiger partial charge in [-0.15, -0.1) is 0 Å². The van der Waals surface area contributed by atoms with Gasteiger partial charge in [0.1, 0.15) is 5.75 Å². The van der Waals surface area contributed by atoms with Crippen LogP contribution in [0.25, 0.3) is 0 Å². The number of carbonyl (C=O) groups is 1. The van der Waals surface area contributed by atoms with Gasteiger partial charge in [0, 0.05) is 17.8 Å². The zero-order valence-electron chi connectivity index (χ0n) is 10.7. The van der Waals surface area contributed by atoms with Crippen molar-refractivity contribution in [1.29, 1.82) is 0 Å². The molecule has 1 aliphatic rings. The van der Waals surface area contributed by atoms with Crippen LogP contribution in [0.5, 0.6) is 5.75 Å². The maximum Gasteiger partial charge on any atom is 0.174 e. The van der Waals surface area contributed by atoms with Crippen molar-refractivity contribution in [1.82, 2.24) is 4.98 Å². The number of ketones is 1. The van der Waals surface area contributed by atoms with Gasteiger partial charge in [0.2, 0.25) is 0 Å². The Balaban J connectivity index is 2.25. The third-order valence-electron chi connectivity index (χ3n) is 3.32. The summed E-state index contributed by atoms with van der Waals surface area (Å²) in [4.78, 5) is 16.5. The molecule has 18 heavy (non-hydrogen) atoms. The van der Waals surface area contributed by atoms with E-state index in [1.165, 1.54) is 0 Å². The highest BCUT2D eigenvalue weighted by Gasteiger charge is 2.44. The van der Waals surface area contributed by atoms with Crippen LogP contribution in [0.2, 0.25) is 0 Å². The van der Waals surface area contributed by atoms with E-state index in [0.717, 1.165) is 0 Å². The maximum absolute atomic E-state index is 12.5. The highest BCUT2D eigenvalue weighted by Crippen LogP contribution is 2.31. The Bertz CT molecular complexity index is 450. The molecule has 2 unspecified atom stereocenters. The fourth-order valence-corrected chi connectivity index (χ4v) is 2.04. The Hall–Kier alpha value is -1.46. The van der Waals surface area contributed by atoms with Crippen LogP contribution in [0, 0.1) is 5.41 Å². The van der Waals surface area contributed by atoms with Crippen molar-refractivity contribution < 1.29 is 14.3 Å². The van der Waals surface area contributed by atoms with Gasteiger partial charge in [-0.05, 0) is 19.9 Å². The zero-order chi connectivity index (χ0) is 13.2. The molecular weight excluding hydrogens is 232 g/mol. The molecule has 5 heteroatoms. The molecule has 1 fully saturated rings. The van der Waals surface area contributed by atoms with Gasteiger partial charge in [-0.3, -0.25) is 9.78 Å². The lowest BCUT2D eigenvalue weighted by Gasteiger charge is -2.25. The standard InChI is InChI=1S/C13H18N2O3/c1-3-18-10-4-9(5-15-6-10)12(16)13(2)8-17-7-11(13)14/h4-6,11H,3,7-8,14H2,1-2H3. The first-order chi connectivity index (χ1) is 8.58. The molecule has 0 saturated carbocycles. The average molecular weight is 250 g/mol. The van der Waals surface area contributed by atoms with Crippen molar-refractivity contribution in [2.45, 2.75) is 19.9 Å². The molecule has 2 rings (SSSR count). The van der Waals surface area contributed by atoms with Gasteiger partial charge in [-0.1, -0.05) is 0 Å². The van der Waals surface area contributed by atoms with Crippen molar-refractivity contribution >= 4 is 5.78 Å². The number of nitrogens with zero attached hydrogens (tertiary/aromatic N) is 1. The van der Waals surface area contributed by atoms with Crippen LogP contribution < -0.4 is 10.5 Å². The molecule has 2 heterocycles. The molecule has 0 spiro atoms. The van der Waals surface area contributed by atoms with E-state index >= 15 is 0 Å². The van der Waals surface area contributed by atoms with Crippen LogP contribution in [0.4, 0.5) is 0 Å². The molecule has 2 N–H and O–H groups in total. The molecule has 0 aromatic carbocycles. The lowest BCUT2D eigenvalue weighted by Crippen LogP contribution is -2.44. The third kappa shape index (κ3) is 2.23. The molecule has 0 amide bonds. The van der Waals surface area contributed by atoms with E-state index in [-0.39, 0.29) is 11.8 Å². The largest absolute Gasteiger partial charge is 0.492 e. The second kappa shape index (κ2) is 5.04. The van der Waals surface area contributed by atoms with Gasteiger partial charge in [-0.2, -0.15) is 0 Å². The van der Waals surface area contributed by atoms with Gasteiger partial charge in [-0.25, -0.2) is 0 Å². The summed E-state index contributed by atoms with van der Waals surface area (Å²) < 4.78 is 10.6. The van der Waals surface area contributed by atoms with E-state index in [9.17, 15) is 4.79 Å². The lowest BCUT2D eigenvalue weighted by molar-refractivity contribution is 0.0767. The molecule has 5 nitrogen and oxygen atoms in total. The van der Waals surface area contributed by atoms with E-state index in [1.807, 2.05) is 13.8 Å². The molecule has 1 aromatic heterocycles. The molecule has 1 aromatic rings. The number of Topliss-reactive ketones (excluding diaryl/α,β-unsaturated/α-hetero) is 1. The predicted molar refractivity (Wildman–Crippen MR) is 66.6 cm³/mol. The van der Waals surface area contributed by atoms with E-state index in [2.05, 4.69) is 4.98 Å². The summed E-state index contributed by atoms with van der Waals surface area (Å²) in [6.07, 6.45) is 3.13. The zero-order valence-corrected chi connectivity index (χ0v) is 10.7. The van der Waals surface area contributed by atoms with Gasteiger partial charge in [0.05, 0.1) is 31.4 Å². The second-order valence-corrected chi connectivity index (χ2v) is 4.71. The van der Waals surface area contributed by atoms with Crippen LogP contribution in [0.3, 0.4) is 0 Å². The first kappa shape index (κ1) is 13.0. The van der Waals surface area contributed by atoms with Gasteiger partial charge < -0.3 is 15.2 Å². The number of ether oxygens (including phenoxy) is 2. The summed E-state index contributed by atoms with van der Waals surface area (Å²) >= 11 is 0. The van der Waals surface area contributed by atoms with Crippen LogP contribution >= 0.6 is 0 Å². The van der Waals surface area contributed by atoms with Gasteiger partial charge in [0.15, 0.2) is 5.78 Å². The smallest absolute Gasteiger partial charge is 0.174 e. The number of hydrogen-bond acceptors (Lipinski definition) is 5. The molecule has 98 valence electrons. The highest BCUT2D eigenvalue weighted by atomic mass is 16.5. The SMILES string of the molecule is CCOc1cncc(C(=O)C2(C)COCC2N)c1. The molecular formula is C13H18N2O3. The molecule has 1 saturated heterocycles. The summed E-state index contributed by atoms with van der Waals surface area (Å²) in [5, 5.41) is 0. The average Bonchev–Trinajstić information content (AvgIpc) is 2.71. The van der Waals surface area contributed by atoms with E-state index in [4.69, 9.17) is 15.2 Å². The second-order valence-electron chi connectivity index (χ2n) is 4.71. The fraction of sp³-hybridized carbons (Fsp3) is 0.538. The first-order valence-electron chi connectivity index (χ1n) is 6.04. The number of carbonyl (C=O) groups excluding carboxylic acids is 1. The fourth-order valence-electron chi connectivity index (χ4n) is 2.04. The number of aromatic nitrogens is 1. The van der Waals surface area contributed by atoms with Crippen LogP contribution in [0.15, 0.2) is 18.5 Å². The monoisotopic (exact) mass is 250 g/mol. The molecule has 0 bridgehead atoms. The first-order valence-corrected chi connectivity index (χ1v) is 6.04. The molecule has 2 atom stereocenters. The quantitative estimate of drug-likeness (QED) is 0.808. The number of pyridine rings is 1. The number of nitrogens with two attached hydrogens (primary N) is 1. The normalized spacial score (nSPS) is 27.2. The molecule has 0 aliphatic carbocycles. The van der Waals surface area contributed by atoms with E-state index in [0.29, 0.717) is 31.1 Å². The summed E-state index contributed by atoms with van der Waals surface area (Å²) in [5.74, 6) is 0.556. The third-order valence-corrected chi connectivity index (χ3v) is 3.32. The van der Waals surface area contributed by atoms with Crippen LogP contribution in [0.1, 0.15) is 24.2 Å². The Labute approximate surface area is 106 Å². The minimum atomic E-state index is -0.674. The van der Waals surface area contributed by atoms with Crippen molar-refractivity contribution in [3.05, 3.63) is 24.0 Å². The topological polar surface area (TPSA) is 74.4 Å². The Morgan fingerprint density at radius 2 is 2.44 bits per heavy atom.